The highest BCUT2D eigenvalue weighted by Gasteiger charge is 2.31. The van der Waals surface area contributed by atoms with Gasteiger partial charge in [0.05, 0.1) is 11.1 Å². The Bertz CT molecular complexity index is 1640. The van der Waals surface area contributed by atoms with Gasteiger partial charge in [0.15, 0.2) is 5.82 Å². The van der Waals surface area contributed by atoms with E-state index in [1.165, 1.54) is 24.5 Å². The lowest BCUT2D eigenvalue weighted by molar-refractivity contribution is -0.274. The molecule has 0 fully saturated rings. The number of nitrogens with zero attached hydrogens (tertiary/aromatic N) is 4. The van der Waals surface area contributed by atoms with Crippen LogP contribution >= 0.6 is 0 Å². The van der Waals surface area contributed by atoms with Crippen LogP contribution in [0.4, 0.5) is 24.7 Å². The lowest BCUT2D eigenvalue weighted by Crippen LogP contribution is -2.17. The molecule has 3 aromatic heterocycles. The molecule has 3 N–H and O–H groups in total. The van der Waals surface area contributed by atoms with Gasteiger partial charge in [-0.25, -0.2) is 9.97 Å². The van der Waals surface area contributed by atoms with Gasteiger partial charge in [-0.3, -0.25) is 4.79 Å². The van der Waals surface area contributed by atoms with Crippen molar-refractivity contribution in [1.82, 2.24) is 24.4 Å². The van der Waals surface area contributed by atoms with Crippen LogP contribution in [0.25, 0.3) is 21.9 Å². The monoisotopic (exact) mass is 582 g/mol. The standard InChI is InChI=1S/C25H21F3N6O2.C5H12O/c26-25(27,28)36-20-3-1-2-17(12-20)14-34-9-6-18-13-19(4-5-22(18)34)32-24-23-21(30-15-31-24)7-10-33(23)11-8-29-16-35;1-4-5(2,3)6/h1-7,9-10,12-13,15-16H,8,11,14H2,(H,29,35)(H,30,31,32);6H,4H2,1-3H3. The molecular formula is C30H33F3N6O3. The Hall–Kier alpha value is -4.58. The first-order valence-corrected chi connectivity index (χ1v) is 13.4. The molecule has 42 heavy (non-hydrogen) atoms. The zero-order chi connectivity index (χ0) is 30.3. The lowest BCUT2D eigenvalue weighted by atomic mass is 10.1. The van der Waals surface area contributed by atoms with Crippen molar-refractivity contribution in [2.75, 3.05) is 11.9 Å². The molecule has 0 atom stereocenters. The molecule has 0 aliphatic carbocycles. The van der Waals surface area contributed by atoms with Gasteiger partial charge < -0.3 is 29.6 Å². The van der Waals surface area contributed by atoms with Crippen molar-refractivity contribution < 1.29 is 27.8 Å². The highest BCUT2D eigenvalue weighted by Crippen LogP contribution is 2.28. The Morgan fingerprint density at radius 2 is 1.79 bits per heavy atom. The maximum absolute atomic E-state index is 12.6. The molecule has 9 nitrogen and oxygen atoms in total. The molecule has 12 heteroatoms. The van der Waals surface area contributed by atoms with Gasteiger partial charge in [-0.15, -0.1) is 13.2 Å². The fourth-order valence-corrected chi connectivity index (χ4v) is 4.14. The maximum atomic E-state index is 12.6. The second-order valence-electron chi connectivity index (χ2n) is 10.2. The first-order chi connectivity index (χ1) is 20.0. The number of amides is 1. The summed E-state index contributed by atoms with van der Waals surface area (Å²) in [4.78, 5) is 19.3. The predicted molar refractivity (Wildman–Crippen MR) is 156 cm³/mol. The Labute approximate surface area is 241 Å². The second-order valence-corrected chi connectivity index (χ2v) is 10.2. The van der Waals surface area contributed by atoms with Gasteiger partial charge in [0.1, 0.15) is 17.6 Å². The Morgan fingerprint density at radius 1 is 1.02 bits per heavy atom. The number of aromatic nitrogens is 4. The number of anilines is 2. The van der Waals surface area contributed by atoms with Gasteiger partial charge in [0.2, 0.25) is 6.41 Å². The lowest BCUT2D eigenvalue weighted by Gasteiger charge is -2.12. The molecule has 2 aromatic carbocycles. The van der Waals surface area contributed by atoms with E-state index in [4.69, 9.17) is 5.11 Å². The van der Waals surface area contributed by atoms with E-state index in [9.17, 15) is 18.0 Å². The van der Waals surface area contributed by atoms with E-state index < -0.39 is 12.0 Å². The summed E-state index contributed by atoms with van der Waals surface area (Å²) in [6.07, 6.45) is 2.04. The number of carbonyl (C=O) groups is 1. The van der Waals surface area contributed by atoms with Crippen LogP contribution in [0.2, 0.25) is 0 Å². The van der Waals surface area contributed by atoms with E-state index in [2.05, 4.69) is 25.3 Å². The highest BCUT2D eigenvalue weighted by atomic mass is 19.4. The molecule has 0 aliphatic rings. The normalized spacial score (nSPS) is 11.7. The molecule has 222 valence electrons. The number of halogens is 3. The van der Waals surface area contributed by atoms with Crippen LogP contribution in [0.1, 0.15) is 32.8 Å². The summed E-state index contributed by atoms with van der Waals surface area (Å²) in [6, 6.07) is 15.6. The molecule has 1 amide bonds. The van der Waals surface area contributed by atoms with Crippen molar-refractivity contribution in [2.24, 2.45) is 0 Å². The molecule has 0 saturated carbocycles. The number of nitrogens with one attached hydrogen (secondary N) is 2. The van der Waals surface area contributed by atoms with Crippen LogP contribution < -0.4 is 15.4 Å². The molecule has 0 aliphatic heterocycles. The topological polar surface area (TPSA) is 106 Å². The van der Waals surface area contributed by atoms with Crippen molar-refractivity contribution in [1.29, 1.82) is 0 Å². The average Bonchev–Trinajstić information content (AvgIpc) is 3.52. The summed E-state index contributed by atoms with van der Waals surface area (Å²) in [5.41, 5.74) is 3.58. The van der Waals surface area contributed by atoms with Crippen LogP contribution in [0.3, 0.4) is 0 Å². The van der Waals surface area contributed by atoms with Gasteiger partial charge in [-0.05, 0) is 68.3 Å². The number of aliphatic hydroxyl groups is 1. The van der Waals surface area contributed by atoms with Gasteiger partial charge in [-0.1, -0.05) is 19.1 Å². The molecule has 5 aromatic rings. The Morgan fingerprint density at radius 3 is 2.50 bits per heavy atom. The number of carbonyl (C=O) groups excluding carboxylic acids is 1. The number of hydrogen-bond acceptors (Lipinski definition) is 6. The van der Waals surface area contributed by atoms with Crippen molar-refractivity contribution in [3.63, 3.8) is 0 Å². The molecule has 5 rings (SSSR count). The summed E-state index contributed by atoms with van der Waals surface area (Å²) in [6.45, 7) is 6.99. The molecule has 0 spiro atoms. The van der Waals surface area contributed by atoms with Gasteiger partial charge in [-0.2, -0.15) is 0 Å². The van der Waals surface area contributed by atoms with Crippen molar-refractivity contribution in [3.05, 3.63) is 78.9 Å². The summed E-state index contributed by atoms with van der Waals surface area (Å²) in [5.74, 6) is 0.391. The van der Waals surface area contributed by atoms with Crippen LogP contribution in [0, 0.1) is 0 Å². The molecule has 0 saturated heterocycles. The fourth-order valence-electron chi connectivity index (χ4n) is 4.14. The zero-order valence-electron chi connectivity index (χ0n) is 23.5. The summed E-state index contributed by atoms with van der Waals surface area (Å²) in [7, 11) is 0. The SMILES string of the molecule is CCC(C)(C)O.O=CNCCn1ccc2ncnc(Nc3ccc4c(ccn4Cc4cccc(OC(F)(F)F)c4)c3)c21. The number of fused-ring (bicyclic) bond motifs is 2. The van der Waals surface area contributed by atoms with Crippen molar-refractivity contribution >= 4 is 39.9 Å². The van der Waals surface area contributed by atoms with Crippen molar-refractivity contribution in [2.45, 2.75) is 52.2 Å². The molecule has 0 unspecified atom stereocenters. The molecule has 0 bridgehead atoms. The van der Waals surface area contributed by atoms with Gasteiger partial charge >= 0.3 is 6.36 Å². The largest absolute Gasteiger partial charge is 0.573 e. The van der Waals surface area contributed by atoms with Crippen LogP contribution in [-0.4, -0.2) is 49.1 Å². The smallest absolute Gasteiger partial charge is 0.406 e. The third kappa shape index (κ3) is 8.23. The number of benzene rings is 2. The second kappa shape index (κ2) is 12.9. The summed E-state index contributed by atoms with van der Waals surface area (Å²) < 4.78 is 45.6. The predicted octanol–water partition coefficient (Wildman–Crippen LogP) is 5.99. The third-order valence-corrected chi connectivity index (χ3v) is 6.51. The van der Waals surface area contributed by atoms with E-state index >= 15 is 0 Å². The minimum Gasteiger partial charge on any atom is -0.406 e. The zero-order valence-corrected chi connectivity index (χ0v) is 23.5. The quantitative estimate of drug-likeness (QED) is 0.138. The Kier molecular flexibility index (Phi) is 9.36. The first kappa shape index (κ1) is 30.4. The average molecular weight is 583 g/mol. The minimum atomic E-state index is -4.73. The van der Waals surface area contributed by atoms with Gasteiger partial charge in [0.25, 0.3) is 0 Å². The van der Waals surface area contributed by atoms with Crippen LogP contribution in [-0.2, 0) is 17.9 Å². The Balaban J connectivity index is 0.000000612. The molecular weight excluding hydrogens is 549 g/mol. The van der Waals surface area contributed by atoms with E-state index in [0.717, 1.165) is 34.0 Å². The molecule has 3 heterocycles. The van der Waals surface area contributed by atoms with E-state index in [-0.39, 0.29) is 5.75 Å². The fraction of sp³-hybridized carbons (Fsp3) is 0.300. The molecule has 0 radical (unpaired) electrons. The number of rotatable bonds is 10. The van der Waals surface area contributed by atoms with Crippen molar-refractivity contribution in [3.8, 4) is 5.75 Å². The summed E-state index contributed by atoms with van der Waals surface area (Å²) in [5, 5.41) is 15.8. The maximum Gasteiger partial charge on any atom is 0.573 e. The number of ether oxygens (including phenoxy) is 1. The van der Waals surface area contributed by atoms with E-state index in [0.29, 0.717) is 37.4 Å². The number of alkyl halides is 3. The van der Waals surface area contributed by atoms with Gasteiger partial charge in [0, 0.05) is 48.6 Å². The highest BCUT2D eigenvalue weighted by molar-refractivity contribution is 5.90. The van der Waals surface area contributed by atoms with Crippen LogP contribution in [0.5, 0.6) is 5.75 Å². The minimum absolute atomic E-state index is 0.245. The first-order valence-electron chi connectivity index (χ1n) is 13.4. The van der Waals surface area contributed by atoms with E-state index in [1.54, 1.807) is 19.9 Å². The summed E-state index contributed by atoms with van der Waals surface area (Å²) >= 11 is 0. The number of hydrogen-bond donors (Lipinski definition) is 3. The van der Waals surface area contributed by atoms with E-state index in [1.807, 2.05) is 58.8 Å². The van der Waals surface area contributed by atoms with Crippen LogP contribution in [0.15, 0.2) is 73.3 Å². The third-order valence-electron chi connectivity index (χ3n) is 6.51.